The van der Waals surface area contributed by atoms with Crippen molar-refractivity contribution in [3.8, 4) is 17.1 Å². The van der Waals surface area contributed by atoms with E-state index < -0.39 is 0 Å². The van der Waals surface area contributed by atoms with Crippen molar-refractivity contribution in [2.24, 2.45) is 5.92 Å². The molecule has 4 rings (SSSR count). The summed E-state index contributed by atoms with van der Waals surface area (Å²) < 4.78 is 5.60. The second kappa shape index (κ2) is 8.31. The number of benzene rings is 1. The number of thiazole rings is 1. The summed E-state index contributed by atoms with van der Waals surface area (Å²) in [6.45, 7) is 0. The molecule has 1 saturated carbocycles. The van der Waals surface area contributed by atoms with E-state index in [2.05, 4.69) is 15.3 Å². The molecule has 138 valence electrons. The number of hydrogen-bond acceptors (Lipinski definition) is 6. The lowest BCUT2D eigenvalue weighted by atomic mass is 9.89. The molecule has 2 heterocycles. The van der Waals surface area contributed by atoms with E-state index in [1.165, 1.54) is 17.8 Å². The second-order valence-electron chi connectivity index (χ2n) is 6.66. The zero-order valence-corrected chi connectivity index (χ0v) is 15.7. The summed E-state index contributed by atoms with van der Waals surface area (Å²) in [6.07, 6.45) is 7.08. The number of nitrogens with zero attached hydrogens (tertiary/aromatic N) is 2. The van der Waals surface area contributed by atoms with E-state index in [0.717, 1.165) is 47.9 Å². The molecule has 0 unspecified atom stereocenters. The van der Waals surface area contributed by atoms with Crippen molar-refractivity contribution in [2.45, 2.75) is 32.1 Å². The normalized spacial score (nSPS) is 14.7. The molecule has 0 atom stereocenters. The Labute approximate surface area is 162 Å². The van der Waals surface area contributed by atoms with Crippen molar-refractivity contribution in [3.05, 3.63) is 54.0 Å². The van der Waals surface area contributed by atoms with Crippen molar-refractivity contribution in [2.75, 3.05) is 5.32 Å². The Kier molecular flexibility index (Phi) is 5.44. The minimum Gasteiger partial charge on any atom is -0.426 e. The SMILES string of the molecule is O=C(Oc1cccc(Nc2nc(-c3ccccn3)cs2)c1)C1CCCCC1. The summed E-state index contributed by atoms with van der Waals surface area (Å²) in [4.78, 5) is 21.2. The highest BCUT2D eigenvalue weighted by Gasteiger charge is 2.23. The molecular formula is C21H21N3O2S. The summed E-state index contributed by atoms with van der Waals surface area (Å²) in [5.41, 5.74) is 2.52. The smallest absolute Gasteiger partial charge is 0.314 e. The van der Waals surface area contributed by atoms with Crippen LogP contribution in [-0.4, -0.2) is 15.9 Å². The van der Waals surface area contributed by atoms with Gasteiger partial charge in [-0.3, -0.25) is 9.78 Å². The average Bonchev–Trinajstić information content (AvgIpc) is 3.18. The predicted octanol–water partition coefficient (Wildman–Crippen LogP) is 5.43. The van der Waals surface area contributed by atoms with E-state index in [0.29, 0.717) is 5.75 Å². The Morgan fingerprint density at radius 3 is 2.78 bits per heavy atom. The monoisotopic (exact) mass is 379 g/mol. The highest BCUT2D eigenvalue weighted by molar-refractivity contribution is 7.14. The first kappa shape index (κ1) is 17.7. The first-order valence-corrected chi connectivity index (χ1v) is 10.1. The van der Waals surface area contributed by atoms with Crippen LogP contribution in [0.25, 0.3) is 11.4 Å². The van der Waals surface area contributed by atoms with Gasteiger partial charge in [-0.05, 0) is 37.1 Å². The van der Waals surface area contributed by atoms with Gasteiger partial charge < -0.3 is 10.1 Å². The molecule has 3 aromatic rings. The van der Waals surface area contributed by atoms with Gasteiger partial charge in [-0.15, -0.1) is 11.3 Å². The molecule has 27 heavy (non-hydrogen) atoms. The minimum absolute atomic E-state index is 0.0373. The molecule has 0 saturated heterocycles. The third-order valence-corrected chi connectivity index (χ3v) is 5.43. The number of pyridine rings is 1. The first-order chi connectivity index (χ1) is 13.3. The summed E-state index contributed by atoms with van der Waals surface area (Å²) in [6, 6.07) is 13.2. The molecule has 1 aliphatic rings. The van der Waals surface area contributed by atoms with Gasteiger partial charge in [-0.2, -0.15) is 0 Å². The van der Waals surface area contributed by atoms with E-state index in [1.807, 2.05) is 47.8 Å². The molecule has 0 bridgehead atoms. The number of anilines is 2. The third kappa shape index (κ3) is 4.52. The first-order valence-electron chi connectivity index (χ1n) is 9.24. The zero-order valence-electron chi connectivity index (χ0n) is 14.9. The van der Waals surface area contributed by atoms with Gasteiger partial charge in [0.2, 0.25) is 0 Å². The van der Waals surface area contributed by atoms with Gasteiger partial charge in [0.1, 0.15) is 11.4 Å². The highest BCUT2D eigenvalue weighted by atomic mass is 32.1. The highest BCUT2D eigenvalue weighted by Crippen LogP contribution is 2.29. The molecule has 0 aliphatic heterocycles. The zero-order chi connectivity index (χ0) is 18.5. The fourth-order valence-electron chi connectivity index (χ4n) is 3.26. The van der Waals surface area contributed by atoms with Crippen LogP contribution < -0.4 is 10.1 Å². The Balaban J connectivity index is 1.42. The van der Waals surface area contributed by atoms with Gasteiger partial charge in [-0.1, -0.05) is 31.4 Å². The van der Waals surface area contributed by atoms with E-state index in [1.54, 1.807) is 6.20 Å². The van der Waals surface area contributed by atoms with Crippen LogP contribution in [0.3, 0.4) is 0 Å². The maximum Gasteiger partial charge on any atom is 0.314 e. The van der Waals surface area contributed by atoms with Crippen molar-refractivity contribution in [3.63, 3.8) is 0 Å². The topological polar surface area (TPSA) is 64.1 Å². The standard InChI is InChI=1S/C21H21N3O2S/c25-20(15-7-2-1-3-8-15)26-17-10-6-9-16(13-17)23-21-24-19(14-27-21)18-11-4-5-12-22-18/h4-6,9-15H,1-3,7-8H2,(H,23,24). The molecule has 1 fully saturated rings. The molecule has 6 heteroatoms. The number of aromatic nitrogens is 2. The molecule has 1 aliphatic carbocycles. The number of hydrogen-bond donors (Lipinski definition) is 1. The number of rotatable bonds is 5. The summed E-state index contributed by atoms with van der Waals surface area (Å²) in [5, 5.41) is 6.02. The van der Waals surface area contributed by atoms with Gasteiger partial charge in [0, 0.05) is 23.3 Å². The van der Waals surface area contributed by atoms with Crippen molar-refractivity contribution >= 4 is 28.1 Å². The summed E-state index contributed by atoms with van der Waals surface area (Å²) in [7, 11) is 0. The van der Waals surface area contributed by atoms with Crippen molar-refractivity contribution < 1.29 is 9.53 Å². The molecular weight excluding hydrogens is 358 g/mol. The van der Waals surface area contributed by atoms with E-state index in [-0.39, 0.29) is 11.9 Å². The number of nitrogens with one attached hydrogen (secondary N) is 1. The Hall–Kier alpha value is -2.73. The van der Waals surface area contributed by atoms with Crippen molar-refractivity contribution in [1.82, 2.24) is 9.97 Å². The maximum atomic E-state index is 12.3. The molecule has 1 N–H and O–H groups in total. The Morgan fingerprint density at radius 2 is 1.96 bits per heavy atom. The molecule has 0 radical (unpaired) electrons. The molecule has 1 aromatic carbocycles. The van der Waals surface area contributed by atoms with Crippen LogP contribution in [0.15, 0.2) is 54.0 Å². The number of carbonyl (C=O) groups is 1. The van der Waals surface area contributed by atoms with Crippen LogP contribution >= 0.6 is 11.3 Å². The number of carbonyl (C=O) groups excluding carboxylic acids is 1. The minimum atomic E-state index is -0.112. The molecule has 2 aromatic heterocycles. The van der Waals surface area contributed by atoms with Gasteiger partial charge in [0.25, 0.3) is 0 Å². The van der Waals surface area contributed by atoms with Crippen LogP contribution in [0, 0.1) is 5.92 Å². The lowest BCUT2D eigenvalue weighted by Crippen LogP contribution is -2.22. The lowest BCUT2D eigenvalue weighted by Gasteiger charge is -2.19. The number of ether oxygens (including phenoxy) is 1. The van der Waals surface area contributed by atoms with E-state index in [9.17, 15) is 4.79 Å². The Bertz CT molecular complexity index is 905. The van der Waals surface area contributed by atoms with Crippen LogP contribution in [0.4, 0.5) is 10.8 Å². The second-order valence-corrected chi connectivity index (χ2v) is 7.52. The summed E-state index contributed by atoms with van der Waals surface area (Å²) in [5.74, 6) is 0.492. The van der Waals surface area contributed by atoms with Crippen LogP contribution in [0.5, 0.6) is 5.75 Å². The maximum absolute atomic E-state index is 12.3. The summed E-state index contributed by atoms with van der Waals surface area (Å²) >= 11 is 1.51. The predicted molar refractivity (Wildman–Crippen MR) is 107 cm³/mol. The third-order valence-electron chi connectivity index (χ3n) is 4.67. The van der Waals surface area contributed by atoms with E-state index >= 15 is 0 Å². The molecule has 5 nitrogen and oxygen atoms in total. The van der Waals surface area contributed by atoms with Crippen LogP contribution in [-0.2, 0) is 4.79 Å². The Morgan fingerprint density at radius 1 is 1.07 bits per heavy atom. The van der Waals surface area contributed by atoms with Crippen molar-refractivity contribution in [1.29, 1.82) is 0 Å². The van der Waals surface area contributed by atoms with Gasteiger partial charge in [0.05, 0.1) is 11.6 Å². The average molecular weight is 379 g/mol. The quantitative estimate of drug-likeness (QED) is 0.473. The largest absolute Gasteiger partial charge is 0.426 e. The van der Waals surface area contributed by atoms with Crippen LogP contribution in [0.1, 0.15) is 32.1 Å². The fourth-order valence-corrected chi connectivity index (χ4v) is 3.99. The van der Waals surface area contributed by atoms with E-state index in [4.69, 9.17) is 4.74 Å². The molecule has 0 amide bonds. The lowest BCUT2D eigenvalue weighted by molar-refractivity contribution is -0.139. The van der Waals surface area contributed by atoms with Crippen LogP contribution in [0.2, 0.25) is 0 Å². The fraction of sp³-hybridized carbons (Fsp3) is 0.286. The van der Waals surface area contributed by atoms with Gasteiger partial charge in [0.15, 0.2) is 5.13 Å². The van der Waals surface area contributed by atoms with Gasteiger partial charge in [-0.25, -0.2) is 4.98 Å². The van der Waals surface area contributed by atoms with Gasteiger partial charge >= 0.3 is 5.97 Å². The molecule has 0 spiro atoms. The number of esters is 1.